The molecule has 2 amide bonds. The van der Waals surface area contributed by atoms with Crippen LogP contribution in [0.5, 0.6) is 0 Å². The molecule has 6 heteroatoms. The molecule has 1 fully saturated rings. The molecule has 1 N–H and O–H groups in total. The minimum Gasteiger partial charge on any atom is -0.348 e. The van der Waals surface area contributed by atoms with Gasteiger partial charge in [-0.3, -0.25) is 14.3 Å². The molecule has 1 saturated heterocycles. The van der Waals surface area contributed by atoms with Gasteiger partial charge in [0, 0.05) is 30.8 Å². The molecule has 1 aromatic rings. The van der Waals surface area contributed by atoms with E-state index in [2.05, 4.69) is 17.3 Å². The van der Waals surface area contributed by atoms with Crippen molar-refractivity contribution >= 4 is 11.8 Å². The fourth-order valence-corrected chi connectivity index (χ4v) is 3.38. The summed E-state index contributed by atoms with van der Waals surface area (Å²) >= 11 is 0. The summed E-state index contributed by atoms with van der Waals surface area (Å²) in [5.41, 5.74) is 3.11. The van der Waals surface area contributed by atoms with Gasteiger partial charge in [-0.1, -0.05) is 6.42 Å². The van der Waals surface area contributed by atoms with E-state index in [1.165, 1.54) is 0 Å². The molecule has 2 rings (SSSR count). The monoisotopic (exact) mass is 320 g/mol. The number of aromatic nitrogens is 2. The van der Waals surface area contributed by atoms with Crippen molar-refractivity contribution in [3.63, 3.8) is 0 Å². The number of likely N-dealkylation sites (tertiary alicyclic amines) is 1. The second-order valence-corrected chi connectivity index (χ2v) is 6.32. The van der Waals surface area contributed by atoms with Crippen molar-refractivity contribution in [2.24, 2.45) is 0 Å². The number of nitrogens with zero attached hydrogens (tertiary/aromatic N) is 3. The molecular formula is C17H28N4O2. The molecule has 0 spiro atoms. The Morgan fingerprint density at radius 1 is 1.30 bits per heavy atom. The van der Waals surface area contributed by atoms with E-state index in [0.29, 0.717) is 13.0 Å². The minimum atomic E-state index is -0.107. The van der Waals surface area contributed by atoms with E-state index < -0.39 is 0 Å². The lowest BCUT2D eigenvalue weighted by Crippen LogP contribution is -2.41. The van der Waals surface area contributed by atoms with Gasteiger partial charge in [0.1, 0.15) is 0 Å². The van der Waals surface area contributed by atoms with Crippen molar-refractivity contribution in [2.45, 2.75) is 66.0 Å². The topological polar surface area (TPSA) is 67.2 Å². The molecule has 1 aliphatic heterocycles. The van der Waals surface area contributed by atoms with E-state index >= 15 is 0 Å². The zero-order valence-corrected chi connectivity index (χ0v) is 14.7. The van der Waals surface area contributed by atoms with Crippen molar-refractivity contribution in [3.8, 4) is 0 Å². The number of hydrogen-bond donors (Lipinski definition) is 1. The Kier molecular flexibility index (Phi) is 5.80. The molecule has 0 aliphatic carbocycles. The van der Waals surface area contributed by atoms with Crippen LogP contribution in [0.1, 0.15) is 62.5 Å². The van der Waals surface area contributed by atoms with E-state index in [9.17, 15) is 9.59 Å². The third-order valence-corrected chi connectivity index (χ3v) is 4.55. The van der Waals surface area contributed by atoms with Crippen molar-refractivity contribution in [2.75, 3.05) is 13.1 Å². The average molecular weight is 320 g/mol. The van der Waals surface area contributed by atoms with Gasteiger partial charge < -0.3 is 10.2 Å². The van der Waals surface area contributed by atoms with Gasteiger partial charge in [0.05, 0.1) is 18.3 Å². The summed E-state index contributed by atoms with van der Waals surface area (Å²) in [4.78, 5) is 26.0. The van der Waals surface area contributed by atoms with Crippen LogP contribution in [0, 0.1) is 13.8 Å². The Morgan fingerprint density at radius 2 is 2.04 bits per heavy atom. The van der Waals surface area contributed by atoms with Gasteiger partial charge >= 0.3 is 0 Å². The second kappa shape index (κ2) is 7.62. The fraction of sp³-hybridized carbons (Fsp3) is 0.706. The third kappa shape index (κ3) is 4.12. The molecule has 128 valence electrons. The van der Waals surface area contributed by atoms with Crippen molar-refractivity contribution in [3.05, 3.63) is 17.0 Å². The minimum absolute atomic E-state index is 0.0940. The Bertz CT molecular complexity index is 579. The van der Waals surface area contributed by atoms with Gasteiger partial charge in [0.15, 0.2) is 0 Å². The number of nitrogens with one attached hydrogen (secondary N) is 1. The maximum atomic E-state index is 12.3. The van der Waals surface area contributed by atoms with Crippen LogP contribution in [-0.4, -0.2) is 39.6 Å². The van der Waals surface area contributed by atoms with Crippen LogP contribution in [0.25, 0.3) is 0 Å². The molecule has 0 bridgehead atoms. The predicted octanol–water partition coefficient (Wildman–Crippen LogP) is 2.10. The number of amides is 2. The molecule has 0 radical (unpaired) electrons. The molecule has 0 saturated carbocycles. The highest BCUT2D eigenvalue weighted by atomic mass is 16.2. The number of aryl methyl sites for hydroxylation is 2. The van der Waals surface area contributed by atoms with Crippen LogP contribution in [-0.2, 0) is 16.1 Å². The summed E-state index contributed by atoms with van der Waals surface area (Å²) in [5.74, 6) is -0.00716. The van der Waals surface area contributed by atoms with Gasteiger partial charge in [-0.05, 0) is 40.5 Å². The molecule has 23 heavy (non-hydrogen) atoms. The second-order valence-electron chi connectivity index (χ2n) is 6.32. The standard InChI is InChI=1S/C17H28N4O2/c1-5-21-14(4)17(13(3)19-21)12(2)18-15(22)11-20-10-8-6-7-9-16(20)23/h12H,5-11H2,1-4H3,(H,18,22). The summed E-state index contributed by atoms with van der Waals surface area (Å²) < 4.78 is 1.95. The molecule has 1 aliphatic rings. The first-order valence-corrected chi connectivity index (χ1v) is 8.55. The van der Waals surface area contributed by atoms with Gasteiger partial charge in [-0.25, -0.2) is 0 Å². The summed E-state index contributed by atoms with van der Waals surface area (Å²) in [7, 11) is 0. The normalized spacial score (nSPS) is 17.0. The quantitative estimate of drug-likeness (QED) is 0.903. The lowest BCUT2D eigenvalue weighted by atomic mass is 10.1. The fourth-order valence-electron chi connectivity index (χ4n) is 3.38. The Labute approximate surface area is 138 Å². The Balaban J connectivity index is 1.99. The largest absolute Gasteiger partial charge is 0.348 e. The number of hydrogen-bond acceptors (Lipinski definition) is 3. The highest BCUT2D eigenvalue weighted by Crippen LogP contribution is 2.21. The lowest BCUT2D eigenvalue weighted by molar-refractivity contribution is -0.135. The maximum Gasteiger partial charge on any atom is 0.240 e. The predicted molar refractivity (Wildman–Crippen MR) is 89.0 cm³/mol. The third-order valence-electron chi connectivity index (χ3n) is 4.55. The average Bonchev–Trinajstić information content (AvgIpc) is 2.64. The van der Waals surface area contributed by atoms with Gasteiger partial charge in [-0.15, -0.1) is 0 Å². The summed E-state index contributed by atoms with van der Waals surface area (Å²) in [6.45, 7) is 9.68. The summed E-state index contributed by atoms with van der Waals surface area (Å²) in [6, 6.07) is -0.107. The Morgan fingerprint density at radius 3 is 2.70 bits per heavy atom. The van der Waals surface area contributed by atoms with E-state index in [1.807, 2.05) is 25.5 Å². The van der Waals surface area contributed by atoms with Crippen molar-refractivity contribution in [1.29, 1.82) is 0 Å². The molecule has 0 aromatic carbocycles. The van der Waals surface area contributed by atoms with Crippen LogP contribution in [0.2, 0.25) is 0 Å². The summed E-state index contributed by atoms with van der Waals surface area (Å²) in [5, 5.41) is 7.52. The van der Waals surface area contributed by atoms with Crippen LogP contribution in [0.15, 0.2) is 0 Å². The van der Waals surface area contributed by atoms with Gasteiger partial charge in [0.25, 0.3) is 0 Å². The highest BCUT2D eigenvalue weighted by molar-refractivity contribution is 5.85. The van der Waals surface area contributed by atoms with E-state index in [0.717, 1.165) is 42.8 Å². The van der Waals surface area contributed by atoms with Crippen LogP contribution in [0.3, 0.4) is 0 Å². The molecule has 2 heterocycles. The molecular weight excluding hydrogens is 292 g/mol. The molecule has 1 unspecified atom stereocenters. The summed E-state index contributed by atoms with van der Waals surface area (Å²) in [6.07, 6.45) is 3.54. The van der Waals surface area contributed by atoms with Crippen LogP contribution < -0.4 is 5.32 Å². The van der Waals surface area contributed by atoms with E-state index in [4.69, 9.17) is 0 Å². The first-order valence-electron chi connectivity index (χ1n) is 8.55. The first kappa shape index (κ1) is 17.5. The van der Waals surface area contributed by atoms with Crippen molar-refractivity contribution in [1.82, 2.24) is 20.0 Å². The van der Waals surface area contributed by atoms with Gasteiger partial charge in [0.2, 0.25) is 11.8 Å². The molecule has 1 atom stereocenters. The number of carbonyl (C=O) groups is 2. The maximum absolute atomic E-state index is 12.3. The molecule has 1 aromatic heterocycles. The zero-order valence-electron chi connectivity index (χ0n) is 14.7. The van der Waals surface area contributed by atoms with Crippen LogP contribution >= 0.6 is 0 Å². The SMILES string of the molecule is CCn1nc(C)c(C(C)NC(=O)CN2CCCCCC2=O)c1C. The highest BCUT2D eigenvalue weighted by Gasteiger charge is 2.22. The Hall–Kier alpha value is -1.85. The zero-order chi connectivity index (χ0) is 17.0. The smallest absolute Gasteiger partial charge is 0.240 e. The molecule has 6 nitrogen and oxygen atoms in total. The number of rotatable bonds is 5. The van der Waals surface area contributed by atoms with E-state index in [-0.39, 0.29) is 24.4 Å². The van der Waals surface area contributed by atoms with Gasteiger partial charge in [-0.2, -0.15) is 5.10 Å². The van der Waals surface area contributed by atoms with Crippen molar-refractivity contribution < 1.29 is 9.59 Å². The van der Waals surface area contributed by atoms with Crippen LogP contribution in [0.4, 0.5) is 0 Å². The number of carbonyl (C=O) groups excluding carboxylic acids is 2. The first-order chi connectivity index (χ1) is 10.9. The van der Waals surface area contributed by atoms with E-state index in [1.54, 1.807) is 4.90 Å². The lowest BCUT2D eigenvalue weighted by Gasteiger charge is -2.22.